The fraction of sp³-hybridized carbons (Fsp3) is 0.667. The number of likely N-dealkylation sites (tertiary alicyclic amines) is 1. The van der Waals surface area contributed by atoms with Gasteiger partial charge in [0.05, 0.1) is 0 Å². The van der Waals surface area contributed by atoms with Gasteiger partial charge < -0.3 is 11.1 Å². The highest BCUT2D eigenvalue weighted by molar-refractivity contribution is 5.15. The molecule has 0 aromatic heterocycles. The maximum atomic E-state index is 6.00. The molecule has 0 amide bonds. The van der Waals surface area contributed by atoms with Crippen molar-refractivity contribution in [2.75, 3.05) is 6.54 Å². The zero-order valence-corrected chi connectivity index (χ0v) is 13.2. The number of nitrogens with one attached hydrogen (secondary N) is 1. The quantitative estimate of drug-likeness (QED) is 0.894. The Kier molecular flexibility index (Phi) is 4.94. The molecule has 2 fully saturated rings. The molecule has 1 aliphatic carbocycles. The largest absolute Gasteiger partial charge is 0.328 e. The average molecular weight is 287 g/mol. The third kappa shape index (κ3) is 3.85. The standard InChI is InChI=1S/C18H29N3/c1-14-18(20-17-9-7-16(19)8-10-17)11-12-21(14)13-15-5-3-2-4-6-15/h2-6,14,16-18,20H,7-13,19H2,1H3. The lowest BCUT2D eigenvalue weighted by molar-refractivity contribution is 0.225. The van der Waals surface area contributed by atoms with E-state index in [2.05, 4.69) is 47.5 Å². The Morgan fingerprint density at radius 2 is 1.81 bits per heavy atom. The van der Waals surface area contributed by atoms with E-state index in [9.17, 15) is 0 Å². The summed E-state index contributed by atoms with van der Waals surface area (Å²) < 4.78 is 0. The van der Waals surface area contributed by atoms with Crippen molar-refractivity contribution >= 4 is 0 Å². The topological polar surface area (TPSA) is 41.3 Å². The Bertz CT molecular complexity index is 425. The van der Waals surface area contributed by atoms with Crippen LogP contribution in [-0.4, -0.2) is 35.6 Å². The zero-order valence-electron chi connectivity index (χ0n) is 13.2. The molecule has 1 aromatic carbocycles. The van der Waals surface area contributed by atoms with Gasteiger partial charge in [0.15, 0.2) is 0 Å². The van der Waals surface area contributed by atoms with Crippen molar-refractivity contribution in [2.45, 2.75) is 69.7 Å². The summed E-state index contributed by atoms with van der Waals surface area (Å²) >= 11 is 0. The fourth-order valence-electron chi connectivity index (χ4n) is 3.86. The van der Waals surface area contributed by atoms with E-state index in [0.717, 1.165) is 6.54 Å². The van der Waals surface area contributed by atoms with E-state index in [1.165, 1.54) is 44.2 Å². The Balaban J connectivity index is 1.50. The van der Waals surface area contributed by atoms with E-state index < -0.39 is 0 Å². The van der Waals surface area contributed by atoms with Crippen molar-refractivity contribution in [1.82, 2.24) is 10.2 Å². The van der Waals surface area contributed by atoms with Gasteiger partial charge in [-0.25, -0.2) is 0 Å². The van der Waals surface area contributed by atoms with Crippen LogP contribution in [0.5, 0.6) is 0 Å². The summed E-state index contributed by atoms with van der Waals surface area (Å²) in [6.45, 7) is 4.66. The molecule has 3 heteroatoms. The highest BCUT2D eigenvalue weighted by atomic mass is 15.2. The summed E-state index contributed by atoms with van der Waals surface area (Å²) in [5.41, 5.74) is 7.43. The molecule has 3 rings (SSSR count). The predicted octanol–water partition coefficient (Wildman–Crippen LogP) is 2.51. The van der Waals surface area contributed by atoms with Crippen LogP contribution in [-0.2, 0) is 6.54 Å². The van der Waals surface area contributed by atoms with Gasteiger partial charge in [-0.15, -0.1) is 0 Å². The molecular weight excluding hydrogens is 258 g/mol. The third-order valence-electron chi connectivity index (χ3n) is 5.34. The Hall–Kier alpha value is -0.900. The summed E-state index contributed by atoms with van der Waals surface area (Å²) in [4.78, 5) is 2.61. The minimum Gasteiger partial charge on any atom is -0.328 e. The highest BCUT2D eigenvalue weighted by Crippen LogP contribution is 2.24. The first-order valence-electron chi connectivity index (χ1n) is 8.52. The SMILES string of the molecule is CC1C(NC2CCC(N)CC2)CCN1Cc1ccccc1. The number of nitrogens with two attached hydrogens (primary N) is 1. The summed E-state index contributed by atoms with van der Waals surface area (Å²) in [5, 5.41) is 3.91. The van der Waals surface area contributed by atoms with Crippen molar-refractivity contribution in [2.24, 2.45) is 5.73 Å². The van der Waals surface area contributed by atoms with Crippen molar-refractivity contribution in [3.63, 3.8) is 0 Å². The summed E-state index contributed by atoms with van der Waals surface area (Å²) in [6, 6.07) is 13.2. The molecule has 116 valence electrons. The molecule has 0 bridgehead atoms. The lowest BCUT2D eigenvalue weighted by atomic mass is 9.91. The molecule has 1 aliphatic heterocycles. The van der Waals surface area contributed by atoms with Gasteiger partial charge in [0.1, 0.15) is 0 Å². The molecule has 3 nitrogen and oxygen atoms in total. The minimum atomic E-state index is 0.443. The van der Waals surface area contributed by atoms with Gasteiger partial charge in [0.2, 0.25) is 0 Å². The van der Waals surface area contributed by atoms with Crippen molar-refractivity contribution < 1.29 is 0 Å². The zero-order chi connectivity index (χ0) is 14.7. The number of rotatable bonds is 4. The highest BCUT2D eigenvalue weighted by Gasteiger charge is 2.32. The molecule has 21 heavy (non-hydrogen) atoms. The van der Waals surface area contributed by atoms with Crippen LogP contribution in [0.1, 0.15) is 44.6 Å². The number of nitrogens with zero attached hydrogens (tertiary/aromatic N) is 1. The second-order valence-corrected chi connectivity index (χ2v) is 6.87. The molecule has 3 N–H and O–H groups in total. The van der Waals surface area contributed by atoms with Crippen LogP contribution in [0.15, 0.2) is 30.3 Å². The Morgan fingerprint density at radius 1 is 1.10 bits per heavy atom. The van der Waals surface area contributed by atoms with E-state index in [0.29, 0.717) is 24.2 Å². The molecule has 1 saturated heterocycles. The first-order chi connectivity index (χ1) is 10.2. The van der Waals surface area contributed by atoms with Gasteiger partial charge in [-0.05, 0) is 44.6 Å². The van der Waals surface area contributed by atoms with Crippen molar-refractivity contribution in [3.05, 3.63) is 35.9 Å². The van der Waals surface area contributed by atoms with E-state index >= 15 is 0 Å². The van der Waals surface area contributed by atoms with Crippen LogP contribution in [0.25, 0.3) is 0 Å². The lowest BCUT2D eigenvalue weighted by Gasteiger charge is -2.32. The third-order valence-corrected chi connectivity index (χ3v) is 5.34. The molecule has 1 aromatic rings. The summed E-state index contributed by atoms with van der Waals surface area (Å²) in [6.07, 6.45) is 6.15. The molecule has 0 spiro atoms. The second-order valence-electron chi connectivity index (χ2n) is 6.87. The maximum Gasteiger partial charge on any atom is 0.0237 e. The fourth-order valence-corrected chi connectivity index (χ4v) is 3.86. The first kappa shape index (κ1) is 15.0. The summed E-state index contributed by atoms with van der Waals surface area (Å²) in [7, 11) is 0. The molecule has 1 heterocycles. The van der Waals surface area contributed by atoms with E-state index in [-0.39, 0.29) is 0 Å². The van der Waals surface area contributed by atoms with Crippen LogP contribution in [0.3, 0.4) is 0 Å². The van der Waals surface area contributed by atoms with Crippen LogP contribution in [0.4, 0.5) is 0 Å². The van der Waals surface area contributed by atoms with Crippen LogP contribution in [0, 0.1) is 0 Å². The Morgan fingerprint density at radius 3 is 2.52 bits per heavy atom. The molecule has 2 aliphatic rings. The summed E-state index contributed by atoms with van der Waals surface area (Å²) in [5.74, 6) is 0. The van der Waals surface area contributed by atoms with Gasteiger partial charge in [-0.1, -0.05) is 30.3 Å². The van der Waals surface area contributed by atoms with Crippen molar-refractivity contribution in [1.29, 1.82) is 0 Å². The predicted molar refractivity (Wildman–Crippen MR) is 88.1 cm³/mol. The van der Waals surface area contributed by atoms with Gasteiger partial charge >= 0.3 is 0 Å². The Labute approximate surface area is 128 Å². The van der Waals surface area contributed by atoms with Gasteiger partial charge in [-0.3, -0.25) is 4.90 Å². The monoisotopic (exact) mass is 287 g/mol. The normalized spacial score (nSPS) is 34.2. The molecule has 2 atom stereocenters. The van der Waals surface area contributed by atoms with E-state index in [1.807, 2.05) is 0 Å². The van der Waals surface area contributed by atoms with E-state index in [1.54, 1.807) is 0 Å². The maximum absolute atomic E-state index is 6.00. The van der Waals surface area contributed by atoms with Crippen LogP contribution >= 0.6 is 0 Å². The smallest absolute Gasteiger partial charge is 0.0237 e. The van der Waals surface area contributed by atoms with Gasteiger partial charge in [0.25, 0.3) is 0 Å². The second kappa shape index (κ2) is 6.91. The van der Waals surface area contributed by atoms with Crippen LogP contribution in [0.2, 0.25) is 0 Å². The van der Waals surface area contributed by atoms with Gasteiger partial charge in [0, 0.05) is 37.3 Å². The average Bonchev–Trinajstić information content (AvgIpc) is 2.84. The number of hydrogen-bond acceptors (Lipinski definition) is 3. The molecule has 0 radical (unpaired) electrons. The number of hydrogen-bond donors (Lipinski definition) is 2. The lowest BCUT2D eigenvalue weighted by Crippen LogP contribution is -2.47. The number of benzene rings is 1. The molecular formula is C18H29N3. The first-order valence-corrected chi connectivity index (χ1v) is 8.52. The molecule has 2 unspecified atom stereocenters. The van der Waals surface area contributed by atoms with Crippen molar-refractivity contribution in [3.8, 4) is 0 Å². The van der Waals surface area contributed by atoms with Crippen LogP contribution < -0.4 is 11.1 Å². The van der Waals surface area contributed by atoms with E-state index in [4.69, 9.17) is 5.73 Å². The molecule has 1 saturated carbocycles. The van der Waals surface area contributed by atoms with Gasteiger partial charge in [-0.2, -0.15) is 0 Å². The minimum absolute atomic E-state index is 0.443.